The normalized spacial score (nSPS) is 12.2. The van der Waals surface area contributed by atoms with E-state index in [4.69, 9.17) is 9.72 Å². The summed E-state index contributed by atoms with van der Waals surface area (Å²) >= 11 is 0. The molecular formula is C24H30FN5O3. The number of aromatic nitrogens is 2. The SMILES string of the molecule is COCCn1c(C(C)N(CCN(C)C)C(=O)Nc2cccc(F)c2)nc2ccccc2c1=O. The number of halogens is 1. The number of methoxy groups -OCH3 is 1. The second kappa shape index (κ2) is 11.0. The Hall–Kier alpha value is -3.30. The Morgan fingerprint density at radius 2 is 1.94 bits per heavy atom. The molecule has 33 heavy (non-hydrogen) atoms. The largest absolute Gasteiger partial charge is 0.383 e. The fourth-order valence-electron chi connectivity index (χ4n) is 3.58. The lowest BCUT2D eigenvalue weighted by Crippen LogP contribution is -2.43. The highest BCUT2D eigenvalue weighted by Crippen LogP contribution is 2.22. The molecule has 0 saturated heterocycles. The van der Waals surface area contributed by atoms with Crippen LogP contribution in [0, 0.1) is 5.82 Å². The van der Waals surface area contributed by atoms with Crippen molar-refractivity contribution in [1.82, 2.24) is 19.4 Å². The van der Waals surface area contributed by atoms with Crippen molar-refractivity contribution in [3.63, 3.8) is 0 Å². The maximum Gasteiger partial charge on any atom is 0.322 e. The Morgan fingerprint density at radius 1 is 1.18 bits per heavy atom. The summed E-state index contributed by atoms with van der Waals surface area (Å²) in [4.78, 5) is 34.8. The van der Waals surface area contributed by atoms with Gasteiger partial charge in [0, 0.05) is 25.9 Å². The number of ether oxygens (including phenoxy) is 1. The van der Waals surface area contributed by atoms with Crippen LogP contribution in [0.1, 0.15) is 18.8 Å². The number of rotatable bonds is 9. The molecule has 0 saturated carbocycles. The number of carbonyl (C=O) groups excluding carboxylic acids is 1. The van der Waals surface area contributed by atoms with Crippen LogP contribution in [-0.4, -0.2) is 66.3 Å². The Morgan fingerprint density at radius 3 is 2.64 bits per heavy atom. The van der Waals surface area contributed by atoms with Gasteiger partial charge in [-0.15, -0.1) is 0 Å². The fourth-order valence-corrected chi connectivity index (χ4v) is 3.58. The van der Waals surface area contributed by atoms with Crippen LogP contribution in [0.3, 0.4) is 0 Å². The standard InChI is InChI=1S/C24H30FN5O3/c1-17(22-27-21-11-6-5-10-20(21)23(31)30(22)14-15-33-4)29(13-12-28(2)3)24(32)26-19-9-7-8-18(25)16-19/h5-11,16-17H,12-15H2,1-4H3,(H,26,32). The second-order valence-electron chi connectivity index (χ2n) is 8.05. The fraction of sp³-hybridized carbons (Fsp3) is 0.375. The third-order valence-electron chi connectivity index (χ3n) is 5.38. The number of likely N-dealkylation sites (N-methyl/N-ethyl adjacent to an activating group) is 1. The summed E-state index contributed by atoms with van der Waals surface area (Å²) in [5, 5.41) is 3.27. The minimum absolute atomic E-state index is 0.183. The molecular weight excluding hydrogens is 425 g/mol. The maximum atomic E-state index is 13.6. The van der Waals surface area contributed by atoms with E-state index in [1.165, 1.54) is 18.2 Å². The Bertz CT molecular complexity index is 1160. The lowest BCUT2D eigenvalue weighted by molar-refractivity contribution is 0.170. The van der Waals surface area contributed by atoms with E-state index in [9.17, 15) is 14.0 Å². The first-order valence-corrected chi connectivity index (χ1v) is 10.8. The first kappa shape index (κ1) is 24.3. The van der Waals surface area contributed by atoms with Gasteiger partial charge in [-0.2, -0.15) is 0 Å². The van der Waals surface area contributed by atoms with Crippen molar-refractivity contribution >= 4 is 22.6 Å². The Balaban J connectivity index is 2.02. The number of hydrogen-bond donors (Lipinski definition) is 1. The lowest BCUT2D eigenvalue weighted by Gasteiger charge is -2.31. The van der Waals surface area contributed by atoms with Crippen molar-refractivity contribution < 1.29 is 13.9 Å². The molecule has 0 aliphatic carbocycles. The molecule has 0 fully saturated rings. The van der Waals surface area contributed by atoms with E-state index in [0.29, 0.717) is 48.7 Å². The van der Waals surface area contributed by atoms with E-state index in [0.717, 1.165) is 0 Å². The van der Waals surface area contributed by atoms with Gasteiger partial charge in [-0.05, 0) is 51.4 Å². The Labute approximate surface area is 192 Å². The van der Waals surface area contributed by atoms with Crippen LogP contribution in [0.2, 0.25) is 0 Å². The van der Waals surface area contributed by atoms with E-state index >= 15 is 0 Å². The van der Waals surface area contributed by atoms with Crippen LogP contribution in [-0.2, 0) is 11.3 Å². The van der Waals surface area contributed by atoms with Gasteiger partial charge in [-0.3, -0.25) is 9.36 Å². The number of amides is 2. The van der Waals surface area contributed by atoms with Crippen LogP contribution in [0.25, 0.3) is 10.9 Å². The van der Waals surface area contributed by atoms with Crippen molar-refractivity contribution in [3.8, 4) is 0 Å². The number of urea groups is 1. The zero-order chi connectivity index (χ0) is 24.0. The van der Waals surface area contributed by atoms with Gasteiger partial charge >= 0.3 is 6.03 Å². The third-order valence-corrected chi connectivity index (χ3v) is 5.38. The molecule has 0 bridgehead atoms. The van der Waals surface area contributed by atoms with Crippen LogP contribution in [0.4, 0.5) is 14.9 Å². The quantitative estimate of drug-likeness (QED) is 0.535. The zero-order valence-corrected chi connectivity index (χ0v) is 19.4. The average Bonchev–Trinajstić information content (AvgIpc) is 2.78. The number of nitrogens with one attached hydrogen (secondary N) is 1. The molecule has 8 nitrogen and oxygen atoms in total. The highest BCUT2D eigenvalue weighted by Gasteiger charge is 2.26. The number of nitrogens with zero attached hydrogens (tertiary/aromatic N) is 4. The number of fused-ring (bicyclic) bond motifs is 1. The molecule has 1 aromatic heterocycles. The molecule has 3 rings (SSSR count). The highest BCUT2D eigenvalue weighted by atomic mass is 19.1. The maximum absolute atomic E-state index is 13.6. The molecule has 0 radical (unpaired) electrons. The van der Waals surface area contributed by atoms with Gasteiger partial charge in [-0.25, -0.2) is 14.2 Å². The Kier molecular flexibility index (Phi) is 8.13. The molecule has 0 spiro atoms. The molecule has 1 N–H and O–H groups in total. The number of hydrogen-bond acceptors (Lipinski definition) is 5. The predicted octanol–water partition coefficient (Wildman–Crippen LogP) is 3.34. The molecule has 3 aromatic rings. The van der Waals surface area contributed by atoms with Gasteiger partial charge in [0.1, 0.15) is 11.6 Å². The molecule has 176 valence electrons. The number of para-hydroxylation sites is 1. The molecule has 1 heterocycles. The van der Waals surface area contributed by atoms with Crippen LogP contribution < -0.4 is 10.9 Å². The molecule has 2 amide bonds. The van der Waals surface area contributed by atoms with Crippen LogP contribution in [0.5, 0.6) is 0 Å². The topological polar surface area (TPSA) is 79.7 Å². The smallest absolute Gasteiger partial charge is 0.322 e. The van der Waals surface area contributed by atoms with E-state index in [2.05, 4.69) is 5.32 Å². The summed E-state index contributed by atoms with van der Waals surface area (Å²) in [5.74, 6) is 0.0224. The van der Waals surface area contributed by atoms with Gasteiger partial charge in [-0.1, -0.05) is 18.2 Å². The molecule has 0 aliphatic heterocycles. The van der Waals surface area contributed by atoms with E-state index in [-0.39, 0.29) is 5.56 Å². The van der Waals surface area contributed by atoms with Crippen LogP contribution >= 0.6 is 0 Å². The number of benzene rings is 2. The van der Waals surface area contributed by atoms with Crippen molar-refractivity contribution in [2.45, 2.75) is 19.5 Å². The minimum Gasteiger partial charge on any atom is -0.383 e. The summed E-state index contributed by atoms with van der Waals surface area (Å²) < 4.78 is 20.4. The lowest BCUT2D eigenvalue weighted by atomic mass is 10.2. The van der Waals surface area contributed by atoms with Crippen LogP contribution in [0.15, 0.2) is 53.3 Å². The molecule has 1 unspecified atom stereocenters. The highest BCUT2D eigenvalue weighted by molar-refractivity contribution is 5.89. The zero-order valence-electron chi connectivity index (χ0n) is 19.4. The molecule has 1 atom stereocenters. The average molecular weight is 456 g/mol. The van der Waals surface area contributed by atoms with Crippen molar-refractivity contribution in [2.24, 2.45) is 0 Å². The minimum atomic E-state index is -0.535. The molecule has 2 aromatic carbocycles. The summed E-state index contributed by atoms with van der Waals surface area (Å²) in [6, 6.07) is 11.9. The van der Waals surface area contributed by atoms with Crippen molar-refractivity contribution in [3.05, 3.63) is 70.5 Å². The van der Waals surface area contributed by atoms with E-state index in [1.807, 2.05) is 32.0 Å². The summed E-state index contributed by atoms with van der Waals surface area (Å²) in [7, 11) is 5.39. The summed E-state index contributed by atoms with van der Waals surface area (Å²) in [6.07, 6.45) is 0. The molecule has 0 aliphatic rings. The molecule has 9 heteroatoms. The van der Waals surface area contributed by atoms with Gasteiger partial charge in [0.15, 0.2) is 0 Å². The first-order valence-electron chi connectivity index (χ1n) is 10.8. The van der Waals surface area contributed by atoms with Crippen molar-refractivity contribution in [1.29, 1.82) is 0 Å². The van der Waals surface area contributed by atoms with Gasteiger partial charge < -0.3 is 19.9 Å². The predicted molar refractivity (Wildman–Crippen MR) is 127 cm³/mol. The van der Waals surface area contributed by atoms with Crippen molar-refractivity contribution in [2.75, 3.05) is 46.2 Å². The van der Waals surface area contributed by atoms with Gasteiger partial charge in [0.25, 0.3) is 5.56 Å². The third kappa shape index (κ3) is 5.94. The van der Waals surface area contributed by atoms with E-state index < -0.39 is 17.9 Å². The van der Waals surface area contributed by atoms with E-state index in [1.54, 1.807) is 40.8 Å². The number of anilines is 1. The second-order valence-corrected chi connectivity index (χ2v) is 8.05. The van der Waals surface area contributed by atoms with Gasteiger partial charge in [0.2, 0.25) is 0 Å². The first-order chi connectivity index (χ1) is 15.8. The monoisotopic (exact) mass is 455 g/mol. The van der Waals surface area contributed by atoms with Gasteiger partial charge in [0.05, 0.1) is 30.1 Å². The summed E-state index contributed by atoms with van der Waals surface area (Å²) in [6.45, 7) is 3.44. The number of carbonyl (C=O) groups is 1. The summed E-state index contributed by atoms with van der Waals surface area (Å²) in [5.41, 5.74) is 0.735.